The molecule has 1 aromatic carbocycles. The second-order valence-electron chi connectivity index (χ2n) is 5.26. The minimum atomic E-state index is -0.267. The molecule has 1 atom stereocenters. The molecule has 23 heavy (non-hydrogen) atoms. The van der Waals surface area contributed by atoms with E-state index in [2.05, 4.69) is 16.0 Å². The lowest BCUT2D eigenvalue weighted by Crippen LogP contribution is -2.21. The Morgan fingerprint density at radius 1 is 1.09 bits per heavy atom. The number of benzene rings is 1. The van der Waals surface area contributed by atoms with Crippen LogP contribution in [-0.4, -0.2) is 9.97 Å². The van der Waals surface area contributed by atoms with Crippen LogP contribution >= 0.6 is 0 Å². The lowest BCUT2D eigenvalue weighted by atomic mass is 9.83. The van der Waals surface area contributed by atoms with Crippen LogP contribution in [0.3, 0.4) is 0 Å². The quantitative estimate of drug-likeness (QED) is 0.747. The zero-order valence-electron chi connectivity index (χ0n) is 12.1. The molecule has 0 radical (unpaired) electrons. The molecule has 0 bridgehead atoms. The van der Waals surface area contributed by atoms with Crippen molar-refractivity contribution < 1.29 is 4.74 Å². The van der Waals surface area contributed by atoms with Crippen molar-refractivity contribution in [2.45, 2.75) is 5.92 Å². The van der Waals surface area contributed by atoms with Gasteiger partial charge in [-0.3, -0.25) is 9.97 Å². The molecule has 0 spiro atoms. The summed E-state index contributed by atoms with van der Waals surface area (Å²) in [7, 11) is 0. The predicted octanol–water partition coefficient (Wildman–Crippen LogP) is 2.85. The first-order valence-corrected chi connectivity index (χ1v) is 7.14. The molecule has 4 rings (SSSR count). The molecule has 110 valence electrons. The maximum atomic E-state index is 9.54. The summed E-state index contributed by atoms with van der Waals surface area (Å²) in [6.07, 6.45) is 5.15. The molecule has 0 fully saturated rings. The highest BCUT2D eigenvalue weighted by atomic mass is 16.5. The number of rotatable bonds is 1. The third-order valence-corrected chi connectivity index (χ3v) is 4.00. The van der Waals surface area contributed by atoms with E-state index in [1.165, 1.54) is 0 Å². The number of aromatic nitrogens is 2. The molecule has 0 aliphatic carbocycles. The van der Waals surface area contributed by atoms with Crippen molar-refractivity contribution in [1.82, 2.24) is 9.97 Å². The van der Waals surface area contributed by atoms with E-state index in [0.717, 1.165) is 22.0 Å². The Bertz CT molecular complexity index is 973. The van der Waals surface area contributed by atoms with Gasteiger partial charge in [-0.2, -0.15) is 5.26 Å². The van der Waals surface area contributed by atoms with Gasteiger partial charge in [-0.1, -0.05) is 6.07 Å². The molecule has 5 heteroatoms. The fourth-order valence-electron chi connectivity index (χ4n) is 2.97. The van der Waals surface area contributed by atoms with Crippen LogP contribution in [0.5, 0.6) is 5.75 Å². The lowest BCUT2D eigenvalue weighted by molar-refractivity contribution is 0.398. The largest absolute Gasteiger partial charge is 0.439 e. The van der Waals surface area contributed by atoms with E-state index < -0.39 is 0 Å². The molecule has 2 N–H and O–H groups in total. The highest BCUT2D eigenvalue weighted by molar-refractivity contribution is 5.88. The van der Waals surface area contributed by atoms with Gasteiger partial charge in [-0.25, -0.2) is 0 Å². The maximum absolute atomic E-state index is 9.54. The minimum Gasteiger partial charge on any atom is -0.439 e. The van der Waals surface area contributed by atoms with Crippen molar-refractivity contribution in [1.29, 1.82) is 5.26 Å². The average molecular weight is 300 g/mol. The Kier molecular flexibility index (Phi) is 2.95. The minimum absolute atomic E-state index is 0.137. The average Bonchev–Trinajstić information content (AvgIpc) is 2.61. The van der Waals surface area contributed by atoms with Crippen molar-refractivity contribution >= 4 is 10.9 Å². The van der Waals surface area contributed by atoms with Crippen LogP contribution in [0, 0.1) is 11.3 Å². The Balaban J connectivity index is 2.03. The van der Waals surface area contributed by atoms with Crippen LogP contribution in [0.4, 0.5) is 0 Å². The Morgan fingerprint density at radius 3 is 2.70 bits per heavy atom. The summed E-state index contributed by atoms with van der Waals surface area (Å²) < 4.78 is 5.78. The predicted molar refractivity (Wildman–Crippen MR) is 85.3 cm³/mol. The Hall–Kier alpha value is -3.39. The number of ether oxygens (including phenoxy) is 1. The number of nitrogens with zero attached hydrogens (tertiary/aromatic N) is 3. The summed E-state index contributed by atoms with van der Waals surface area (Å²) in [4.78, 5) is 8.38. The fourth-order valence-corrected chi connectivity index (χ4v) is 2.97. The number of allylic oxidation sites excluding steroid dienone is 1. The smallest absolute Gasteiger partial charge is 0.205 e. The molecule has 2 aromatic heterocycles. The molecule has 0 saturated heterocycles. The molecule has 0 amide bonds. The molecule has 1 aliphatic heterocycles. The van der Waals surface area contributed by atoms with E-state index in [-0.39, 0.29) is 11.8 Å². The number of hydrogen-bond acceptors (Lipinski definition) is 5. The number of nitrogens with two attached hydrogens (primary N) is 1. The summed E-state index contributed by atoms with van der Waals surface area (Å²) in [6, 6.07) is 13.6. The van der Waals surface area contributed by atoms with Gasteiger partial charge in [0, 0.05) is 29.5 Å². The molecule has 3 heterocycles. The molecule has 0 saturated carbocycles. The molecule has 1 aliphatic rings. The van der Waals surface area contributed by atoms with E-state index in [1.807, 2.05) is 36.4 Å². The van der Waals surface area contributed by atoms with Gasteiger partial charge < -0.3 is 10.5 Å². The summed E-state index contributed by atoms with van der Waals surface area (Å²) in [5.74, 6) is 0.531. The molecule has 3 aromatic rings. The topological polar surface area (TPSA) is 84.8 Å². The molecule has 1 unspecified atom stereocenters. The summed E-state index contributed by atoms with van der Waals surface area (Å²) in [5.41, 5.74) is 9.11. The van der Waals surface area contributed by atoms with Crippen LogP contribution in [0.1, 0.15) is 17.0 Å². The second kappa shape index (κ2) is 5.11. The molecule has 5 nitrogen and oxygen atoms in total. The number of fused-ring (bicyclic) bond motifs is 3. The third kappa shape index (κ3) is 2.00. The van der Waals surface area contributed by atoms with Crippen molar-refractivity contribution in [2.75, 3.05) is 0 Å². The number of hydrogen-bond donors (Lipinski definition) is 1. The summed E-state index contributed by atoms with van der Waals surface area (Å²) >= 11 is 0. The van der Waals surface area contributed by atoms with Gasteiger partial charge >= 0.3 is 0 Å². The molecular formula is C18H12N4O. The van der Waals surface area contributed by atoms with Gasteiger partial charge in [0.2, 0.25) is 5.88 Å². The zero-order chi connectivity index (χ0) is 15.8. The summed E-state index contributed by atoms with van der Waals surface area (Å²) in [6.45, 7) is 0. The van der Waals surface area contributed by atoms with E-state index in [0.29, 0.717) is 11.3 Å². The van der Waals surface area contributed by atoms with Crippen molar-refractivity contribution in [3.05, 3.63) is 77.6 Å². The van der Waals surface area contributed by atoms with Crippen molar-refractivity contribution in [3.8, 4) is 11.8 Å². The number of nitriles is 1. The standard InChI is InChI=1S/C18H12N4O/c19-10-14-16(11-5-8-21-9-6-11)13-3-4-15-12(2-1-7-22-15)17(13)23-18(14)20/h1-9,16H,20H2. The van der Waals surface area contributed by atoms with E-state index >= 15 is 0 Å². The van der Waals surface area contributed by atoms with Crippen LogP contribution in [-0.2, 0) is 0 Å². The van der Waals surface area contributed by atoms with Gasteiger partial charge in [0.25, 0.3) is 0 Å². The Labute approximate surface area is 132 Å². The van der Waals surface area contributed by atoms with Gasteiger partial charge in [0.1, 0.15) is 17.4 Å². The van der Waals surface area contributed by atoms with Crippen molar-refractivity contribution in [2.24, 2.45) is 5.73 Å². The molecular weight excluding hydrogens is 288 g/mol. The van der Waals surface area contributed by atoms with Crippen LogP contribution in [0.15, 0.2) is 66.4 Å². The van der Waals surface area contributed by atoms with E-state index in [9.17, 15) is 5.26 Å². The van der Waals surface area contributed by atoms with Gasteiger partial charge in [0.15, 0.2) is 0 Å². The highest BCUT2D eigenvalue weighted by Gasteiger charge is 2.31. The second-order valence-corrected chi connectivity index (χ2v) is 5.26. The zero-order valence-corrected chi connectivity index (χ0v) is 12.1. The maximum Gasteiger partial charge on any atom is 0.205 e. The lowest BCUT2D eigenvalue weighted by Gasteiger charge is -2.27. The van der Waals surface area contributed by atoms with Crippen LogP contribution in [0.25, 0.3) is 10.9 Å². The first-order chi connectivity index (χ1) is 11.3. The third-order valence-electron chi connectivity index (χ3n) is 4.00. The Morgan fingerprint density at radius 2 is 1.91 bits per heavy atom. The van der Waals surface area contributed by atoms with Gasteiger partial charge in [0.05, 0.1) is 11.4 Å². The SMILES string of the molecule is N#CC1=C(N)Oc2c(ccc3ncccc23)C1c1ccncc1. The monoisotopic (exact) mass is 300 g/mol. The number of pyridine rings is 2. The van der Waals surface area contributed by atoms with E-state index in [4.69, 9.17) is 10.5 Å². The highest BCUT2D eigenvalue weighted by Crippen LogP contribution is 2.44. The fraction of sp³-hybridized carbons (Fsp3) is 0.0556. The van der Waals surface area contributed by atoms with Gasteiger partial charge in [-0.15, -0.1) is 0 Å². The normalized spacial score (nSPS) is 16.6. The van der Waals surface area contributed by atoms with Gasteiger partial charge in [-0.05, 0) is 35.9 Å². The van der Waals surface area contributed by atoms with Crippen molar-refractivity contribution in [3.63, 3.8) is 0 Å². The summed E-state index contributed by atoms with van der Waals surface area (Å²) in [5, 5.41) is 10.4. The van der Waals surface area contributed by atoms with Crippen LogP contribution < -0.4 is 10.5 Å². The van der Waals surface area contributed by atoms with Crippen LogP contribution in [0.2, 0.25) is 0 Å². The first-order valence-electron chi connectivity index (χ1n) is 7.14. The first kappa shape index (κ1) is 13.3. The van der Waals surface area contributed by atoms with E-state index in [1.54, 1.807) is 18.6 Å².